The van der Waals surface area contributed by atoms with E-state index < -0.39 is 11.7 Å². The molecule has 1 rings (SSSR count). The van der Waals surface area contributed by atoms with Crippen molar-refractivity contribution in [3.8, 4) is 5.75 Å². The second kappa shape index (κ2) is 9.94. The van der Waals surface area contributed by atoms with E-state index in [0.717, 1.165) is 12.1 Å². The predicted molar refractivity (Wildman–Crippen MR) is 82.8 cm³/mol. The van der Waals surface area contributed by atoms with Crippen molar-refractivity contribution in [2.45, 2.75) is 13.1 Å². The molecule has 0 aliphatic heterocycles. The lowest BCUT2D eigenvalue weighted by molar-refractivity contribution is -0.137. The summed E-state index contributed by atoms with van der Waals surface area (Å²) >= 11 is 0. The fraction of sp³-hybridized carbons (Fsp3) is 0.533. The maximum absolute atomic E-state index is 12.4. The second-order valence-electron chi connectivity index (χ2n) is 4.49. The Kier molecular flexibility index (Phi) is 8.25. The zero-order chi connectivity index (χ0) is 17.1. The fourth-order valence-electron chi connectivity index (χ4n) is 1.69. The number of nitrogens with zero attached hydrogens (tertiary/aromatic N) is 1. The molecular formula is C15H22F3N3O2. The Morgan fingerprint density at radius 2 is 1.70 bits per heavy atom. The van der Waals surface area contributed by atoms with Gasteiger partial charge in [0, 0.05) is 20.2 Å². The summed E-state index contributed by atoms with van der Waals surface area (Å²) in [5.41, 5.74) is -0.693. The molecule has 5 nitrogen and oxygen atoms in total. The highest BCUT2D eigenvalue weighted by Crippen LogP contribution is 2.30. The van der Waals surface area contributed by atoms with Gasteiger partial charge in [-0.05, 0) is 31.2 Å². The predicted octanol–water partition coefficient (Wildman–Crippen LogP) is 2.29. The fourth-order valence-corrected chi connectivity index (χ4v) is 1.69. The first-order valence-electron chi connectivity index (χ1n) is 7.29. The van der Waals surface area contributed by atoms with Gasteiger partial charge in [-0.2, -0.15) is 13.2 Å². The number of hydrogen-bond acceptors (Lipinski definition) is 3. The summed E-state index contributed by atoms with van der Waals surface area (Å²) in [5.74, 6) is 1.000. The van der Waals surface area contributed by atoms with E-state index in [-0.39, 0.29) is 0 Å². The lowest BCUT2D eigenvalue weighted by atomic mass is 10.2. The van der Waals surface area contributed by atoms with Crippen LogP contribution in [-0.4, -0.2) is 45.9 Å². The average molecular weight is 333 g/mol. The molecule has 0 unspecified atom stereocenters. The van der Waals surface area contributed by atoms with Gasteiger partial charge in [-0.1, -0.05) is 0 Å². The SMILES string of the molecule is CCOCCNC(=NC)NCCOc1ccc(C(F)(F)F)cc1. The standard InChI is InChI=1S/C15H22F3N3O2/c1-3-22-10-8-20-14(19-2)21-9-11-23-13-6-4-12(5-7-13)15(16,17)18/h4-7H,3,8-11H2,1-2H3,(H2,19,20,21). The van der Waals surface area contributed by atoms with Gasteiger partial charge in [-0.15, -0.1) is 0 Å². The molecule has 0 aliphatic rings. The minimum absolute atomic E-state index is 0.303. The number of benzene rings is 1. The summed E-state index contributed by atoms with van der Waals surface area (Å²) in [6.45, 7) is 4.57. The van der Waals surface area contributed by atoms with Gasteiger partial charge in [-0.3, -0.25) is 4.99 Å². The van der Waals surface area contributed by atoms with Gasteiger partial charge in [-0.25, -0.2) is 0 Å². The van der Waals surface area contributed by atoms with Crippen LogP contribution in [0.5, 0.6) is 5.75 Å². The smallest absolute Gasteiger partial charge is 0.416 e. The van der Waals surface area contributed by atoms with Crippen LogP contribution in [0, 0.1) is 0 Å². The highest BCUT2D eigenvalue weighted by molar-refractivity contribution is 5.79. The molecule has 0 aliphatic carbocycles. The number of ether oxygens (including phenoxy) is 2. The molecule has 1 aromatic rings. The Morgan fingerprint density at radius 3 is 2.22 bits per heavy atom. The first-order valence-corrected chi connectivity index (χ1v) is 7.29. The Bertz CT molecular complexity index is 476. The monoisotopic (exact) mass is 333 g/mol. The van der Waals surface area contributed by atoms with E-state index in [2.05, 4.69) is 15.6 Å². The van der Waals surface area contributed by atoms with Crippen LogP contribution in [0.1, 0.15) is 12.5 Å². The number of halogens is 3. The maximum Gasteiger partial charge on any atom is 0.416 e. The van der Waals surface area contributed by atoms with Crippen molar-refractivity contribution in [2.75, 3.05) is 40.0 Å². The summed E-state index contributed by atoms with van der Waals surface area (Å²) in [7, 11) is 1.65. The molecule has 0 aromatic heterocycles. The number of aliphatic imine (C=N–C) groups is 1. The van der Waals surface area contributed by atoms with Gasteiger partial charge in [0.05, 0.1) is 18.7 Å². The molecule has 1 aromatic carbocycles. The van der Waals surface area contributed by atoms with Crippen LogP contribution < -0.4 is 15.4 Å². The Balaban J connectivity index is 2.25. The third-order valence-corrected chi connectivity index (χ3v) is 2.81. The number of alkyl halides is 3. The number of nitrogens with one attached hydrogen (secondary N) is 2. The van der Waals surface area contributed by atoms with Gasteiger partial charge in [0.1, 0.15) is 12.4 Å². The quantitative estimate of drug-likeness (QED) is 0.435. The summed E-state index contributed by atoms with van der Waals surface area (Å²) in [6.07, 6.45) is -4.33. The number of hydrogen-bond donors (Lipinski definition) is 2. The largest absolute Gasteiger partial charge is 0.492 e. The van der Waals surface area contributed by atoms with Crippen molar-refractivity contribution in [2.24, 2.45) is 4.99 Å². The third kappa shape index (κ3) is 7.73. The second-order valence-corrected chi connectivity index (χ2v) is 4.49. The third-order valence-electron chi connectivity index (χ3n) is 2.81. The highest BCUT2D eigenvalue weighted by Gasteiger charge is 2.29. The van der Waals surface area contributed by atoms with E-state index in [9.17, 15) is 13.2 Å². The van der Waals surface area contributed by atoms with Crippen LogP contribution in [-0.2, 0) is 10.9 Å². The minimum Gasteiger partial charge on any atom is -0.492 e. The van der Waals surface area contributed by atoms with Crippen molar-refractivity contribution in [1.82, 2.24) is 10.6 Å². The summed E-state index contributed by atoms with van der Waals surface area (Å²) in [4.78, 5) is 4.03. The molecule has 0 atom stereocenters. The van der Waals surface area contributed by atoms with Crippen LogP contribution in [0.15, 0.2) is 29.3 Å². The van der Waals surface area contributed by atoms with Crippen LogP contribution in [0.4, 0.5) is 13.2 Å². The average Bonchev–Trinajstić information content (AvgIpc) is 2.53. The van der Waals surface area contributed by atoms with Crippen LogP contribution in [0.3, 0.4) is 0 Å². The van der Waals surface area contributed by atoms with Gasteiger partial charge in [0.25, 0.3) is 0 Å². The Labute approximate surface area is 133 Å². The first kappa shape index (κ1) is 19.1. The molecule has 8 heteroatoms. The van der Waals surface area contributed by atoms with E-state index in [4.69, 9.17) is 9.47 Å². The van der Waals surface area contributed by atoms with E-state index in [1.165, 1.54) is 12.1 Å². The molecule has 0 saturated carbocycles. The lowest BCUT2D eigenvalue weighted by Gasteiger charge is -2.13. The van der Waals surface area contributed by atoms with Crippen molar-refractivity contribution in [3.63, 3.8) is 0 Å². The van der Waals surface area contributed by atoms with Crippen LogP contribution in [0.2, 0.25) is 0 Å². The molecule has 2 N–H and O–H groups in total. The van der Waals surface area contributed by atoms with Crippen molar-refractivity contribution >= 4 is 5.96 Å². The molecule has 0 saturated heterocycles. The van der Waals surface area contributed by atoms with Gasteiger partial charge >= 0.3 is 6.18 Å². The summed E-state index contributed by atoms with van der Waals surface area (Å²) < 4.78 is 47.8. The van der Waals surface area contributed by atoms with E-state index in [1.807, 2.05) is 6.92 Å². The zero-order valence-corrected chi connectivity index (χ0v) is 13.2. The minimum atomic E-state index is -4.33. The Morgan fingerprint density at radius 1 is 1.09 bits per heavy atom. The normalized spacial score (nSPS) is 12.1. The lowest BCUT2D eigenvalue weighted by Crippen LogP contribution is -2.40. The Hall–Kier alpha value is -1.96. The van der Waals surface area contributed by atoms with Crippen molar-refractivity contribution in [1.29, 1.82) is 0 Å². The molecule has 130 valence electrons. The summed E-state index contributed by atoms with van der Waals surface area (Å²) in [5, 5.41) is 6.09. The number of rotatable bonds is 8. The van der Waals surface area contributed by atoms with E-state index >= 15 is 0 Å². The van der Waals surface area contributed by atoms with Crippen LogP contribution in [0.25, 0.3) is 0 Å². The van der Waals surface area contributed by atoms with E-state index in [0.29, 0.717) is 44.6 Å². The van der Waals surface area contributed by atoms with E-state index in [1.54, 1.807) is 7.05 Å². The molecule has 0 spiro atoms. The molecule has 23 heavy (non-hydrogen) atoms. The van der Waals surface area contributed by atoms with Crippen LogP contribution >= 0.6 is 0 Å². The van der Waals surface area contributed by atoms with Crippen molar-refractivity contribution < 1.29 is 22.6 Å². The van der Waals surface area contributed by atoms with Gasteiger partial charge in [0.15, 0.2) is 5.96 Å². The molecule has 0 fully saturated rings. The molecule has 0 heterocycles. The molecule has 0 bridgehead atoms. The van der Waals surface area contributed by atoms with Gasteiger partial charge in [0.2, 0.25) is 0 Å². The number of guanidine groups is 1. The first-order chi connectivity index (χ1) is 11.0. The molecule has 0 radical (unpaired) electrons. The zero-order valence-electron chi connectivity index (χ0n) is 13.2. The maximum atomic E-state index is 12.4. The molecular weight excluding hydrogens is 311 g/mol. The topological polar surface area (TPSA) is 54.9 Å². The summed E-state index contributed by atoms with van der Waals surface area (Å²) in [6, 6.07) is 4.60. The highest BCUT2D eigenvalue weighted by atomic mass is 19.4. The molecule has 0 amide bonds. The van der Waals surface area contributed by atoms with Crippen molar-refractivity contribution in [3.05, 3.63) is 29.8 Å². The van der Waals surface area contributed by atoms with Gasteiger partial charge < -0.3 is 20.1 Å².